The number of hydrogen-bond acceptors (Lipinski definition) is 2. The summed E-state index contributed by atoms with van der Waals surface area (Å²) in [6.45, 7) is 3.75. The Balaban J connectivity index is -0.000000101. The Kier molecular flexibility index (Phi) is 20.3. The van der Waals surface area contributed by atoms with Crippen LogP contribution in [0.15, 0.2) is 0 Å². The third-order valence-electron chi connectivity index (χ3n) is 1.95. The first-order valence-corrected chi connectivity index (χ1v) is 4.74. The van der Waals surface area contributed by atoms with Crippen LogP contribution >= 0.6 is 0 Å². The standard InChI is InChI=1S/C10H18O2.Li.Na.2H/c1-3-9(11)7-5-6-8-10(12)4-2;;;;/h3-8H2,1-2H3;;;;/q;2*+1;2*-1. The van der Waals surface area contributed by atoms with E-state index in [2.05, 4.69) is 0 Å². The Morgan fingerprint density at radius 2 is 1.21 bits per heavy atom. The van der Waals surface area contributed by atoms with Gasteiger partial charge in [-0.3, -0.25) is 9.59 Å². The maximum absolute atomic E-state index is 10.8. The van der Waals surface area contributed by atoms with Gasteiger partial charge >= 0.3 is 48.4 Å². The minimum Gasteiger partial charge on any atom is -1.00 e. The quantitative estimate of drug-likeness (QED) is 0.321. The average molecular weight is 202 g/mol. The average Bonchev–Trinajstić information content (AvgIpc) is 2.11. The zero-order valence-corrected chi connectivity index (χ0v) is 12.1. The molecular formula is C10H20LiNaO2. The largest absolute Gasteiger partial charge is 1.00 e. The summed E-state index contributed by atoms with van der Waals surface area (Å²) < 4.78 is 0. The molecule has 0 aliphatic heterocycles. The van der Waals surface area contributed by atoms with Gasteiger partial charge in [-0.1, -0.05) is 13.8 Å². The van der Waals surface area contributed by atoms with E-state index in [1.807, 2.05) is 13.8 Å². The summed E-state index contributed by atoms with van der Waals surface area (Å²) in [5.41, 5.74) is 0. The van der Waals surface area contributed by atoms with Crippen molar-refractivity contribution in [3.63, 3.8) is 0 Å². The van der Waals surface area contributed by atoms with Gasteiger partial charge in [-0.25, -0.2) is 0 Å². The Morgan fingerprint density at radius 3 is 1.43 bits per heavy atom. The van der Waals surface area contributed by atoms with Crippen molar-refractivity contribution in [2.45, 2.75) is 52.4 Å². The summed E-state index contributed by atoms with van der Waals surface area (Å²) in [4.78, 5) is 21.7. The predicted octanol–water partition coefficient (Wildman–Crippen LogP) is -3.26. The smallest absolute Gasteiger partial charge is 1.00 e. The van der Waals surface area contributed by atoms with Gasteiger partial charge in [-0.15, -0.1) is 0 Å². The molecule has 74 valence electrons. The van der Waals surface area contributed by atoms with E-state index in [1.165, 1.54) is 0 Å². The van der Waals surface area contributed by atoms with E-state index < -0.39 is 0 Å². The second-order valence-corrected chi connectivity index (χ2v) is 2.99. The molecule has 0 saturated carbocycles. The van der Waals surface area contributed by atoms with Crippen molar-refractivity contribution in [2.75, 3.05) is 0 Å². The summed E-state index contributed by atoms with van der Waals surface area (Å²) in [5, 5.41) is 0. The molecule has 0 rings (SSSR count). The molecule has 2 nitrogen and oxygen atoms in total. The summed E-state index contributed by atoms with van der Waals surface area (Å²) in [6.07, 6.45) is 4.29. The summed E-state index contributed by atoms with van der Waals surface area (Å²) >= 11 is 0. The molecule has 0 heterocycles. The maximum Gasteiger partial charge on any atom is 1.00 e. The fourth-order valence-electron chi connectivity index (χ4n) is 0.998. The number of unbranched alkanes of at least 4 members (excludes halogenated alkanes) is 1. The van der Waals surface area contributed by atoms with Crippen molar-refractivity contribution in [1.82, 2.24) is 0 Å². The monoisotopic (exact) mass is 202 g/mol. The summed E-state index contributed by atoms with van der Waals surface area (Å²) in [7, 11) is 0. The van der Waals surface area contributed by atoms with Crippen LogP contribution in [0.2, 0.25) is 0 Å². The van der Waals surface area contributed by atoms with Gasteiger partial charge in [0.05, 0.1) is 0 Å². The third kappa shape index (κ3) is 12.9. The van der Waals surface area contributed by atoms with Gasteiger partial charge in [-0.05, 0) is 12.8 Å². The minimum absolute atomic E-state index is 0. The van der Waals surface area contributed by atoms with Gasteiger partial charge in [-0.2, -0.15) is 0 Å². The first kappa shape index (κ1) is 20.4. The van der Waals surface area contributed by atoms with Gasteiger partial charge < -0.3 is 2.85 Å². The third-order valence-corrected chi connectivity index (χ3v) is 1.95. The molecule has 0 aromatic carbocycles. The number of hydrogen-bond donors (Lipinski definition) is 0. The second kappa shape index (κ2) is 13.9. The topological polar surface area (TPSA) is 34.1 Å². The van der Waals surface area contributed by atoms with Crippen LogP contribution in [-0.4, -0.2) is 11.6 Å². The van der Waals surface area contributed by atoms with Gasteiger partial charge in [0.15, 0.2) is 0 Å². The predicted molar refractivity (Wildman–Crippen MR) is 51.3 cm³/mol. The van der Waals surface area contributed by atoms with Crippen molar-refractivity contribution < 1.29 is 60.9 Å². The van der Waals surface area contributed by atoms with Crippen LogP contribution in [0.5, 0.6) is 0 Å². The minimum atomic E-state index is 0. The van der Waals surface area contributed by atoms with Gasteiger partial charge in [0.2, 0.25) is 0 Å². The van der Waals surface area contributed by atoms with E-state index in [-0.39, 0.29) is 51.3 Å². The zero-order chi connectivity index (χ0) is 9.40. The number of Topliss-reactive ketones (excluding diaryl/α,β-unsaturated/α-hetero) is 2. The fraction of sp³-hybridized carbons (Fsp3) is 0.800. The van der Waals surface area contributed by atoms with Crippen LogP contribution in [0, 0.1) is 0 Å². The second-order valence-electron chi connectivity index (χ2n) is 2.99. The molecule has 4 heteroatoms. The van der Waals surface area contributed by atoms with Gasteiger partial charge in [0.1, 0.15) is 11.6 Å². The van der Waals surface area contributed by atoms with Crippen molar-refractivity contribution in [3.05, 3.63) is 0 Å². The van der Waals surface area contributed by atoms with Gasteiger partial charge in [0.25, 0.3) is 0 Å². The molecule has 14 heavy (non-hydrogen) atoms. The Hall–Kier alpha value is 0.937. The first-order chi connectivity index (χ1) is 5.70. The normalized spacial score (nSPS) is 8.43. The SMILES string of the molecule is CCC(=O)CCCCC(=O)CC.[H-].[H-].[Li+].[Na+]. The van der Waals surface area contributed by atoms with Crippen LogP contribution in [-0.2, 0) is 9.59 Å². The Labute approximate surface area is 124 Å². The molecule has 0 saturated heterocycles. The Morgan fingerprint density at radius 1 is 0.929 bits per heavy atom. The number of ketones is 2. The van der Waals surface area contributed by atoms with Crippen LogP contribution in [0.25, 0.3) is 0 Å². The zero-order valence-electron chi connectivity index (χ0n) is 12.1. The molecule has 0 aromatic heterocycles. The molecule has 0 aromatic rings. The van der Waals surface area contributed by atoms with Crippen molar-refractivity contribution >= 4 is 11.6 Å². The van der Waals surface area contributed by atoms with E-state index in [0.717, 1.165) is 12.8 Å². The van der Waals surface area contributed by atoms with Crippen LogP contribution < -0.4 is 48.4 Å². The molecule has 0 amide bonds. The van der Waals surface area contributed by atoms with Crippen LogP contribution in [0.4, 0.5) is 0 Å². The van der Waals surface area contributed by atoms with Crippen molar-refractivity contribution in [2.24, 2.45) is 0 Å². The molecule has 0 unspecified atom stereocenters. The van der Waals surface area contributed by atoms with Crippen LogP contribution in [0.1, 0.15) is 55.2 Å². The maximum atomic E-state index is 10.8. The van der Waals surface area contributed by atoms with E-state index in [0.29, 0.717) is 37.2 Å². The first-order valence-electron chi connectivity index (χ1n) is 4.74. The van der Waals surface area contributed by atoms with E-state index in [4.69, 9.17) is 0 Å². The molecular weight excluding hydrogens is 182 g/mol. The van der Waals surface area contributed by atoms with E-state index in [1.54, 1.807) is 0 Å². The van der Waals surface area contributed by atoms with Crippen LogP contribution in [0.3, 0.4) is 0 Å². The summed E-state index contributed by atoms with van der Waals surface area (Å²) in [5.74, 6) is 0.609. The molecule has 0 bridgehead atoms. The van der Waals surface area contributed by atoms with Crippen molar-refractivity contribution in [3.8, 4) is 0 Å². The number of rotatable bonds is 7. The number of carbonyl (C=O) groups excluding carboxylic acids is 2. The molecule has 0 spiro atoms. The molecule has 0 aliphatic rings. The number of carbonyl (C=O) groups is 2. The van der Waals surface area contributed by atoms with E-state index in [9.17, 15) is 9.59 Å². The molecule has 0 N–H and O–H groups in total. The van der Waals surface area contributed by atoms with Crippen molar-refractivity contribution in [1.29, 1.82) is 0 Å². The molecule has 0 aliphatic carbocycles. The Bertz CT molecular complexity index is 151. The van der Waals surface area contributed by atoms with E-state index >= 15 is 0 Å². The molecule has 0 atom stereocenters. The fourth-order valence-corrected chi connectivity index (χ4v) is 0.998. The summed E-state index contributed by atoms with van der Waals surface area (Å²) in [6, 6.07) is 0. The van der Waals surface area contributed by atoms with Gasteiger partial charge in [0, 0.05) is 25.7 Å². The molecule has 0 radical (unpaired) electrons. The molecule has 0 fully saturated rings.